The smallest absolute Gasteiger partial charge is 0.419 e. The van der Waals surface area contributed by atoms with Gasteiger partial charge in [0.05, 0.1) is 11.5 Å². The van der Waals surface area contributed by atoms with Crippen molar-refractivity contribution in [3.8, 4) is 0 Å². The van der Waals surface area contributed by atoms with E-state index >= 15 is 0 Å². The molecule has 3 atom stereocenters. The van der Waals surface area contributed by atoms with E-state index in [0.717, 1.165) is 6.07 Å². The number of amides is 2. The van der Waals surface area contributed by atoms with Crippen LogP contribution in [0, 0.1) is 23.2 Å². The zero-order valence-electron chi connectivity index (χ0n) is 16.2. The first-order chi connectivity index (χ1) is 13.1. The second kappa shape index (κ2) is 7.81. The molecule has 2 heterocycles. The van der Waals surface area contributed by atoms with Crippen LogP contribution in [0.3, 0.4) is 0 Å². The zero-order chi connectivity index (χ0) is 22.3. The molecule has 1 saturated heterocycles. The van der Waals surface area contributed by atoms with Gasteiger partial charge in [0, 0.05) is 12.3 Å². The lowest BCUT2D eigenvalue weighted by Crippen LogP contribution is -2.40. The Kier molecular flexibility index (Phi) is 6.18. The molecule has 3 unspecified atom stereocenters. The van der Waals surface area contributed by atoms with Gasteiger partial charge in [-0.1, -0.05) is 39.3 Å². The molecule has 0 bridgehead atoms. The van der Waals surface area contributed by atoms with Crippen molar-refractivity contribution in [3.63, 3.8) is 0 Å². The van der Waals surface area contributed by atoms with Crippen molar-refractivity contribution in [1.29, 1.82) is 0 Å². The van der Waals surface area contributed by atoms with Gasteiger partial charge in [-0.05, 0) is 23.5 Å². The molecule has 0 spiro atoms. The van der Waals surface area contributed by atoms with Gasteiger partial charge in [-0.2, -0.15) is 18.2 Å². The van der Waals surface area contributed by atoms with E-state index in [9.17, 15) is 32.7 Å². The normalized spacial score (nSPS) is 21.4. The van der Waals surface area contributed by atoms with Gasteiger partial charge in [-0.15, -0.1) is 0 Å². The number of alkyl halides is 3. The number of aliphatic carboxylic acids is 1. The first kappa shape index (κ1) is 22.9. The van der Waals surface area contributed by atoms with Gasteiger partial charge < -0.3 is 5.11 Å². The van der Waals surface area contributed by atoms with Crippen LogP contribution in [-0.2, 0) is 20.6 Å². The summed E-state index contributed by atoms with van der Waals surface area (Å²) < 4.78 is 38.4. The Bertz CT molecular complexity index is 839. The molecule has 0 aromatic carbocycles. The van der Waals surface area contributed by atoms with E-state index in [0.29, 0.717) is 11.1 Å². The molecule has 7 nitrogen and oxygen atoms in total. The Morgan fingerprint density at radius 3 is 2.31 bits per heavy atom. The molecule has 1 fully saturated rings. The van der Waals surface area contributed by atoms with Gasteiger partial charge >= 0.3 is 12.1 Å². The van der Waals surface area contributed by atoms with Crippen LogP contribution in [-0.4, -0.2) is 32.9 Å². The molecule has 11 heteroatoms. The Labute approximate surface area is 170 Å². The minimum absolute atomic E-state index is 0.219. The highest BCUT2D eigenvalue weighted by molar-refractivity contribution is 6.30. The van der Waals surface area contributed by atoms with E-state index in [1.165, 1.54) is 6.92 Å². The molecule has 0 radical (unpaired) electrons. The number of nitrogens with one attached hydrogen (secondary N) is 1. The number of rotatable bonds is 5. The van der Waals surface area contributed by atoms with Crippen molar-refractivity contribution < 1.29 is 32.7 Å². The Morgan fingerprint density at radius 1 is 1.28 bits per heavy atom. The molecule has 1 aliphatic heterocycles. The number of anilines is 1. The lowest BCUT2D eigenvalue weighted by Gasteiger charge is -2.34. The van der Waals surface area contributed by atoms with Crippen LogP contribution in [0.1, 0.15) is 39.7 Å². The number of hydrazine groups is 1. The molecule has 1 aliphatic rings. The summed E-state index contributed by atoms with van der Waals surface area (Å²) in [6, 6.07) is 1.64. The van der Waals surface area contributed by atoms with Crippen molar-refractivity contribution in [2.45, 2.75) is 40.3 Å². The summed E-state index contributed by atoms with van der Waals surface area (Å²) in [4.78, 5) is 40.4. The van der Waals surface area contributed by atoms with E-state index in [-0.39, 0.29) is 12.2 Å². The van der Waals surface area contributed by atoms with Crippen LogP contribution < -0.4 is 5.43 Å². The summed E-state index contributed by atoms with van der Waals surface area (Å²) in [6.45, 7) is 6.84. The number of nitrogens with zero attached hydrogens (tertiary/aromatic N) is 2. The predicted molar refractivity (Wildman–Crippen MR) is 97.6 cm³/mol. The lowest BCUT2D eigenvalue weighted by molar-refractivity contribution is -0.142. The number of pyridine rings is 1. The fourth-order valence-corrected chi connectivity index (χ4v) is 3.70. The number of carboxylic acids is 1. The van der Waals surface area contributed by atoms with Crippen molar-refractivity contribution in [2.24, 2.45) is 23.2 Å². The van der Waals surface area contributed by atoms with Crippen molar-refractivity contribution in [1.82, 2.24) is 9.99 Å². The van der Waals surface area contributed by atoms with E-state index in [2.05, 4.69) is 10.4 Å². The Morgan fingerprint density at radius 2 is 1.86 bits per heavy atom. The van der Waals surface area contributed by atoms with Crippen LogP contribution in [0.15, 0.2) is 12.1 Å². The average molecular weight is 436 g/mol. The molecule has 29 heavy (non-hydrogen) atoms. The number of aromatic nitrogens is 1. The molecular formula is C18H21ClF3N3O4. The fraction of sp³-hybridized carbons (Fsp3) is 0.556. The standard InChI is InChI=1S/C18H21ClF3N3O4/c1-8-13(10(7-12(26)27)17(2,3)4)16(29)25(15(8)28)24-11-6-5-9(14(19)23-11)18(20,21)22/h5-6,8,10,13H,7H2,1-4H3,(H,23,24)(H,26,27). The van der Waals surface area contributed by atoms with Gasteiger partial charge in [0.25, 0.3) is 11.8 Å². The number of carbonyl (C=O) groups is 3. The summed E-state index contributed by atoms with van der Waals surface area (Å²) in [7, 11) is 0. The maximum Gasteiger partial charge on any atom is 0.419 e. The van der Waals surface area contributed by atoms with E-state index in [4.69, 9.17) is 11.6 Å². The highest BCUT2D eigenvalue weighted by Gasteiger charge is 2.52. The van der Waals surface area contributed by atoms with Gasteiger partial charge in [-0.3, -0.25) is 19.8 Å². The lowest BCUT2D eigenvalue weighted by atomic mass is 9.68. The maximum absolute atomic E-state index is 12.9. The SMILES string of the molecule is CC1C(=O)N(Nc2ccc(C(F)(F)F)c(Cl)n2)C(=O)C1C(CC(=O)O)C(C)(C)C. The first-order valence-electron chi connectivity index (χ1n) is 8.74. The molecule has 160 valence electrons. The molecule has 2 rings (SSSR count). The summed E-state index contributed by atoms with van der Waals surface area (Å²) in [5.41, 5.74) is 0.671. The number of carboxylic acid groups (broad SMARTS) is 1. The first-order valence-corrected chi connectivity index (χ1v) is 9.12. The summed E-state index contributed by atoms with van der Waals surface area (Å²) in [5.74, 6) is -4.97. The summed E-state index contributed by atoms with van der Waals surface area (Å²) >= 11 is 5.57. The minimum atomic E-state index is -4.70. The summed E-state index contributed by atoms with van der Waals surface area (Å²) in [5, 5.41) is 9.07. The topological polar surface area (TPSA) is 99.6 Å². The van der Waals surface area contributed by atoms with Crippen molar-refractivity contribution in [3.05, 3.63) is 22.8 Å². The number of hydrogen-bond donors (Lipinski definition) is 2. The van der Waals surface area contributed by atoms with E-state index in [1.807, 2.05) is 0 Å². The van der Waals surface area contributed by atoms with Gasteiger partial charge in [0.1, 0.15) is 11.0 Å². The van der Waals surface area contributed by atoms with Crippen LogP contribution in [0.25, 0.3) is 0 Å². The monoisotopic (exact) mass is 435 g/mol. The number of carbonyl (C=O) groups excluding carboxylic acids is 2. The second-order valence-corrected chi connectivity index (χ2v) is 8.40. The molecule has 2 N–H and O–H groups in total. The number of imide groups is 1. The van der Waals surface area contributed by atoms with Crippen LogP contribution in [0.2, 0.25) is 5.15 Å². The predicted octanol–water partition coefficient (Wildman–Crippen LogP) is 3.84. The van der Waals surface area contributed by atoms with Gasteiger partial charge in [0.2, 0.25) is 0 Å². The number of hydrogen-bond acceptors (Lipinski definition) is 5. The molecule has 1 aromatic heterocycles. The molecule has 0 aliphatic carbocycles. The quantitative estimate of drug-likeness (QED) is 0.538. The molecular weight excluding hydrogens is 415 g/mol. The Hall–Kier alpha value is -2.36. The molecule has 1 aromatic rings. The molecule has 0 saturated carbocycles. The fourth-order valence-electron chi connectivity index (χ4n) is 3.44. The molecule has 2 amide bonds. The van der Waals surface area contributed by atoms with E-state index in [1.54, 1.807) is 20.8 Å². The highest BCUT2D eigenvalue weighted by atomic mass is 35.5. The van der Waals surface area contributed by atoms with Crippen LogP contribution in [0.5, 0.6) is 0 Å². The zero-order valence-corrected chi connectivity index (χ0v) is 16.9. The van der Waals surface area contributed by atoms with E-state index < -0.39 is 57.8 Å². The average Bonchev–Trinajstić information content (AvgIpc) is 2.74. The third-order valence-corrected chi connectivity index (χ3v) is 5.26. The van der Waals surface area contributed by atoms with Gasteiger partial charge in [0.15, 0.2) is 0 Å². The van der Waals surface area contributed by atoms with Gasteiger partial charge in [-0.25, -0.2) is 4.98 Å². The maximum atomic E-state index is 12.9. The highest BCUT2D eigenvalue weighted by Crippen LogP contribution is 2.43. The summed E-state index contributed by atoms with van der Waals surface area (Å²) in [6.07, 6.45) is -5.01. The van der Waals surface area contributed by atoms with Crippen molar-refractivity contribution >= 4 is 35.2 Å². The Balaban J connectivity index is 2.32. The number of halogens is 4. The third kappa shape index (κ3) is 4.80. The van der Waals surface area contributed by atoms with Crippen molar-refractivity contribution in [2.75, 3.05) is 5.43 Å². The largest absolute Gasteiger partial charge is 0.481 e. The second-order valence-electron chi connectivity index (χ2n) is 8.04. The van der Waals surface area contributed by atoms with Crippen LogP contribution >= 0.6 is 11.6 Å². The third-order valence-electron chi connectivity index (χ3n) is 4.98. The minimum Gasteiger partial charge on any atom is -0.481 e. The van der Waals surface area contributed by atoms with Crippen LogP contribution in [0.4, 0.5) is 19.0 Å².